The smallest absolute Gasteiger partial charge is 0.133 e. The molecule has 0 fully saturated rings. The third kappa shape index (κ3) is 3.31. The lowest BCUT2D eigenvalue weighted by molar-refractivity contribution is 0.00823. The lowest BCUT2D eigenvalue weighted by atomic mass is 10.1. The molecule has 14 heavy (non-hydrogen) atoms. The van der Waals surface area contributed by atoms with Crippen molar-refractivity contribution in [2.75, 3.05) is 6.61 Å². The molecular formula is C11H15BrO2. The molecule has 0 amide bonds. The first-order valence-electron chi connectivity index (χ1n) is 4.65. The maximum absolute atomic E-state index is 9.74. The summed E-state index contributed by atoms with van der Waals surface area (Å²) in [5, 5.41) is 9.74. The van der Waals surface area contributed by atoms with E-state index in [1.807, 2.05) is 31.2 Å². The Morgan fingerprint density at radius 3 is 2.64 bits per heavy atom. The van der Waals surface area contributed by atoms with Crippen LogP contribution in [0.2, 0.25) is 0 Å². The second kappa shape index (κ2) is 4.80. The van der Waals surface area contributed by atoms with Crippen molar-refractivity contribution in [1.29, 1.82) is 0 Å². The summed E-state index contributed by atoms with van der Waals surface area (Å²) < 4.78 is 6.40. The maximum atomic E-state index is 9.74. The first-order chi connectivity index (χ1) is 6.55. The predicted molar refractivity (Wildman–Crippen MR) is 60.6 cm³/mol. The van der Waals surface area contributed by atoms with Crippen LogP contribution in [-0.2, 0) is 0 Å². The van der Waals surface area contributed by atoms with Crippen molar-refractivity contribution in [2.45, 2.75) is 25.9 Å². The van der Waals surface area contributed by atoms with Crippen molar-refractivity contribution in [3.8, 4) is 5.75 Å². The van der Waals surface area contributed by atoms with E-state index in [0.29, 0.717) is 13.0 Å². The highest BCUT2D eigenvalue weighted by molar-refractivity contribution is 9.10. The molecule has 3 heteroatoms. The Morgan fingerprint density at radius 2 is 2.07 bits per heavy atom. The van der Waals surface area contributed by atoms with Crippen molar-refractivity contribution in [1.82, 2.24) is 0 Å². The highest BCUT2D eigenvalue weighted by Gasteiger charge is 2.18. The summed E-state index contributed by atoms with van der Waals surface area (Å²) in [5.41, 5.74) is -0.755. The number of hydrogen-bond acceptors (Lipinski definition) is 2. The van der Waals surface area contributed by atoms with Gasteiger partial charge >= 0.3 is 0 Å². The molecular weight excluding hydrogens is 244 g/mol. The van der Waals surface area contributed by atoms with Crippen molar-refractivity contribution < 1.29 is 9.84 Å². The second-order valence-corrected chi connectivity index (χ2v) is 4.42. The maximum Gasteiger partial charge on any atom is 0.133 e. The largest absolute Gasteiger partial charge is 0.489 e. The van der Waals surface area contributed by atoms with Gasteiger partial charge in [-0.3, -0.25) is 0 Å². The van der Waals surface area contributed by atoms with Crippen LogP contribution < -0.4 is 4.74 Å². The molecule has 78 valence electrons. The van der Waals surface area contributed by atoms with E-state index >= 15 is 0 Å². The van der Waals surface area contributed by atoms with E-state index in [4.69, 9.17) is 4.74 Å². The summed E-state index contributed by atoms with van der Waals surface area (Å²) in [5.74, 6) is 0.765. The molecule has 1 aromatic carbocycles. The molecule has 0 aliphatic carbocycles. The number of halogens is 1. The van der Waals surface area contributed by atoms with Crippen LogP contribution in [0.4, 0.5) is 0 Å². The van der Waals surface area contributed by atoms with Gasteiger partial charge in [0, 0.05) is 0 Å². The third-order valence-corrected chi connectivity index (χ3v) is 2.79. The van der Waals surface area contributed by atoms with Crippen molar-refractivity contribution >= 4 is 15.9 Å². The molecule has 0 radical (unpaired) electrons. The SMILES string of the molecule is CCC(C)(O)COc1ccccc1Br. The molecule has 0 heterocycles. The lowest BCUT2D eigenvalue weighted by Crippen LogP contribution is -2.31. The first-order valence-corrected chi connectivity index (χ1v) is 5.44. The highest BCUT2D eigenvalue weighted by atomic mass is 79.9. The van der Waals surface area contributed by atoms with Crippen molar-refractivity contribution in [2.24, 2.45) is 0 Å². The summed E-state index contributed by atoms with van der Waals surface area (Å²) in [7, 11) is 0. The quantitative estimate of drug-likeness (QED) is 0.900. The Bertz CT molecular complexity index is 297. The average molecular weight is 259 g/mol. The molecule has 0 aromatic heterocycles. The van der Waals surface area contributed by atoms with Gasteiger partial charge in [0.25, 0.3) is 0 Å². The van der Waals surface area contributed by atoms with Gasteiger partial charge in [0.15, 0.2) is 0 Å². The first kappa shape index (κ1) is 11.5. The zero-order chi connectivity index (χ0) is 10.6. The van der Waals surface area contributed by atoms with Crippen LogP contribution in [0.15, 0.2) is 28.7 Å². The average Bonchev–Trinajstić information content (AvgIpc) is 2.17. The van der Waals surface area contributed by atoms with Crippen LogP contribution >= 0.6 is 15.9 Å². The number of ether oxygens (including phenoxy) is 1. The minimum absolute atomic E-state index is 0.312. The van der Waals surface area contributed by atoms with Crippen molar-refractivity contribution in [3.05, 3.63) is 28.7 Å². The highest BCUT2D eigenvalue weighted by Crippen LogP contribution is 2.24. The van der Waals surface area contributed by atoms with E-state index in [-0.39, 0.29) is 0 Å². The molecule has 0 aliphatic heterocycles. The number of hydrogen-bond donors (Lipinski definition) is 1. The van der Waals surface area contributed by atoms with Gasteiger partial charge in [-0.15, -0.1) is 0 Å². The van der Waals surface area contributed by atoms with Gasteiger partial charge in [-0.05, 0) is 41.4 Å². The third-order valence-electron chi connectivity index (χ3n) is 2.14. The molecule has 1 unspecified atom stereocenters. The van der Waals surface area contributed by atoms with Gasteiger partial charge in [0.05, 0.1) is 10.1 Å². The van der Waals surface area contributed by atoms with Gasteiger partial charge < -0.3 is 9.84 Å². The topological polar surface area (TPSA) is 29.5 Å². The molecule has 0 bridgehead atoms. The monoisotopic (exact) mass is 258 g/mol. The molecule has 1 rings (SSSR count). The second-order valence-electron chi connectivity index (χ2n) is 3.57. The Kier molecular flexibility index (Phi) is 3.96. The Morgan fingerprint density at radius 1 is 1.43 bits per heavy atom. The van der Waals surface area contributed by atoms with Crippen LogP contribution in [0, 0.1) is 0 Å². The lowest BCUT2D eigenvalue weighted by Gasteiger charge is -2.21. The van der Waals surface area contributed by atoms with Gasteiger partial charge in [-0.1, -0.05) is 19.1 Å². The standard InChI is InChI=1S/C11H15BrO2/c1-3-11(2,13)8-14-10-7-5-4-6-9(10)12/h4-7,13H,3,8H2,1-2H3. The molecule has 0 aliphatic rings. The van der Waals surface area contributed by atoms with Crippen LogP contribution in [0.1, 0.15) is 20.3 Å². The minimum atomic E-state index is -0.755. The molecule has 1 atom stereocenters. The Labute approximate surface area is 93.0 Å². The Hall–Kier alpha value is -0.540. The van der Waals surface area contributed by atoms with E-state index in [1.54, 1.807) is 6.92 Å². The zero-order valence-electron chi connectivity index (χ0n) is 8.46. The number of aliphatic hydroxyl groups is 1. The molecule has 1 aromatic rings. The van der Waals surface area contributed by atoms with Crippen LogP contribution in [-0.4, -0.2) is 17.3 Å². The van der Waals surface area contributed by atoms with Crippen LogP contribution in [0.25, 0.3) is 0 Å². The Balaban J connectivity index is 2.58. The minimum Gasteiger partial charge on any atom is -0.489 e. The van der Waals surface area contributed by atoms with E-state index < -0.39 is 5.60 Å². The fraction of sp³-hybridized carbons (Fsp3) is 0.455. The van der Waals surface area contributed by atoms with E-state index in [0.717, 1.165) is 10.2 Å². The van der Waals surface area contributed by atoms with Crippen LogP contribution in [0.3, 0.4) is 0 Å². The van der Waals surface area contributed by atoms with E-state index in [1.165, 1.54) is 0 Å². The van der Waals surface area contributed by atoms with Gasteiger partial charge in [0.1, 0.15) is 12.4 Å². The zero-order valence-corrected chi connectivity index (χ0v) is 10.0. The number of benzene rings is 1. The molecule has 2 nitrogen and oxygen atoms in total. The van der Waals surface area contributed by atoms with E-state index in [9.17, 15) is 5.11 Å². The number of rotatable bonds is 4. The van der Waals surface area contributed by atoms with Gasteiger partial charge in [-0.2, -0.15) is 0 Å². The summed E-state index contributed by atoms with van der Waals surface area (Å²) in [6.45, 7) is 4.01. The predicted octanol–water partition coefficient (Wildman–Crippen LogP) is 2.99. The van der Waals surface area contributed by atoms with Gasteiger partial charge in [-0.25, -0.2) is 0 Å². The molecule has 0 saturated carbocycles. The fourth-order valence-electron chi connectivity index (χ4n) is 0.897. The van der Waals surface area contributed by atoms with Gasteiger partial charge in [0.2, 0.25) is 0 Å². The molecule has 1 N–H and O–H groups in total. The number of para-hydroxylation sites is 1. The van der Waals surface area contributed by atoms with Crippen LogP contribution in [0.5, 0.6) is 5.75 Å². The summed E-state index contributed by atoms with van der Waals surface area (Å²) in [6.07, 6.45) is 0.678. The van der Waals surface area contributed by atoms with E-state index in [2.05, 4.69) is 15.9 Å². The van der Waals surface area contributed by atoms with Crippen molar-refractivity contribution in [3.63, 3.8) is 0 Å². The molecule has 0 spiro atoms. The summed E-state index contributed by atoms with van der Waals surface area (Å²) in [6, 6.07) is 7.61. The molecule has 0 saturated heterocycles. The summed E-state index contributed by atoms with van der Waals surface area (Å²) in [4.78, 5) is 0. The summed E-state index contributed by atoms with van der Waals surface area (Å²) >= 11 is 3.38. The fourth-order valence-corrected chi connectivity index (χ4v) is 1.30. The normalized spacial score (nSPS) is 14.9.